The van der Waals surface area contributed by atoms with Gasteiger partial charge >= 0.3 is 0 Å². The molecular weight excluding hydrogens is 240 g/mol. The summed E-state index contributed by atoms with van der Waals surface area (Å²) in [5, 5.41) is 6.64. The van der Waals surface area contributed by atoms with Crippen molar-refractivity contribution < 1.29 is 4.74 Å². The van der Waals surface area contributed by atoms with E-state index in [9.17, 15) is 0 Å². The van der Waals surface area contributed by atoms with E-state index in [1.165, 1.54) is 0 Å². The van der Waals surface area contributed by atoms with Gasteiger partial charge in [-0.2, -0.15) is 0 Å². The second-order valence-electron chi connectivity index (χ2n) is 5.91. The molecule has 0 radical (unpaired) electrons. The first-order valence-corrected chi connectivity index (χ1v) is 7.33. The standard InChI is InChI=1S/C14H30N4O/c1-6-15-13(17-12(2)3)16-11-14(4,5)18-7-9-19-10-8-18/h12H,6-11H2,1-5H3,(H2,15,16,17). The number of nitrogens with one attached hydrogen (secondary N) is 2. The number of aliphatic imine (C=N–C) groups is 1. The molecule has 1 aliphatic heterocycles. The maximum absolute atomic E-state index is 5.41. The van der Waals surface area contributed by atoms with Gasteiger partial charge in [0.05, 0.1) is 19.8 Å². The van der Waals surface area contributed by atoms with Crippen LogP contribution in [0.4, 0.5) is 0 Å². The molecule has 1 fully saturated rings. The SMILES string of the molecule is CCNC(=NCC(C)(C)N1CCOCC1)NC(C)C. The van der Waals surface area contributed by atoms with E-state index in [0.29, 0.717) is 6.04 Å². The van der Waals surface area contributed by atoms with Crippen LogP contribution < -0.4 is 10.6 Å². The van der Waals surface area contributed by atoms with Gasteiger partial charge in [0.1, 0.15) is 0 Å². The van der Waals surface area contributed by atoms with Crippen molar-refractivity contribution in [3.05, 3.63) is 0 Å². The molecule has 5 heteroatoms. The van der Waals surface area contributed by atoms with E-state index in [1.54, 1.807) is 0 Å². The highest BCUT2D eigenvalue weighted by atomic mass is 16.5. The minimum atomic E-state index is 0.0725. The van der Waals surface area contributed by atoms with Gasteiger partial charge < -0.3 is 15.4 Å². The Hall–Kier alpha value is -0.810. The third-order valence-corrected chi connectivity index (χ3v) is 3.26. The molecule has 0 atom stereocenters. The fourth-order valence-corrected chi connectivity index (χ4v) is 2.13. The van der Waals surface area contributed by atoms with Crippen LogP contribution in [0.15, 0.2) is 4.99 Å². The fraction of sp³-hybridized carbons (Fsp3) is 0.929. The van der Waals surface area contributed by atoms with E-state index in [4.69, 9.17) is 9.73 Å². The maximum atomic E-state index is 5.41. The largest absolute Gasteiger partial charge is 0.379 e. The number of guanidine groups is 1. The number of morpholine rings is 1. The summed E-state index contributed by atoms with van der Waals surface area (Å²) in [6.45, 7) is 16.2. The van der Waals surface area contributed by atoms with E-state index in [0.717, 1.165) is 45.4 Å². The fourth-order valence-electron chi connectivity index (χ4n) is 2.13. The van der Waals surface area contributed by atoms with Crippen LogP contribution in [0.1, 0.15) is 34.6 Å². The van der Waals surface area contributed by atoms with Crippen molar-refractivity contribution in [1.29, 1.82) is 0 Å². The first-order valence-electron chi connectivity index (χ1n) is 7.33. The zero-order chi connectivity index (χ0) is 14.3. The summed E-state index contributed by atoms with van der Waals surface area (Å²) < 4.78 is 5.41. The lowest BCUT2D eigenvalue weighted by atomic mass is 10.0. The molecule has 0 aromatic rings. The van der Waals surface area contributed by atoms with E-state index in [1.807, 2.05) is 0 Å². The summed E-state index contributed by atoms with van der Waals surface area (Å²) in [6.07, 6.45) is 0. The molecule has 0 aliphatic carbocycles. The monoisotopic (exact) mass is 270 g/mol. The minimum Gasteiger partial charge on any atom is -0.379 e. The van der Waals surface area contributed by atoms with Gasteiger partial charge in [-0.25, -0.2) is 0 Å². The van der Waals surface area contributed by atoms with Crippen LogP contribution in [0.5, 0.6) is 0 Å². The van der Waals surface area contributed by atoms with Crippen LogP contribution in [0.25, 0.3) is 0 Å². The first-order chi connectivity index (χ1) is 8.95. The number of hydrogen-bond acceptors (Lipinski definition) is 3. The van der Waals surface area contributed by atoms with E-state index in [-0.39, 0.29) is 5.54 Å². The van der Waals surface area contributed by atoms with Crippen LogP contribution >= 0.6 is 0 Å². The van der Waals surface area contributed by atoms with E-state index >= 15 is 0 Å². The molecule has 19 heavy (non-hydrogen) atoms. The Kier molecular flexibility index (Phi) is 6.58. The summed E-state index contributed by atoms with van der Waals surface area (Å²) in [5.41, 5.74) is 0.0725. The molecule has 0 spiro atoms. The van der Waals surface area contributed by atoms with E-state index < -0.39 is 0 Å². The van der Waals surface area contributed by atoms with E-state index in [2.05, 4.69) is 50.2 Å². The van der Waals surface area contributed by atoms with Crippen LogP contribution in [-0.4, -0.2) is 61.8 Å². The van der Waals surface area contributed by atoms with Gasteiger partial charge in [0.2, 0.25) is 0 Å². The number of rotatable bonds is 5. The number of hydrogen-bond donors (Lipinski definition) is 2. The molecular formula is C14H30N4O. The normalized spacial score (nSPS) is 18.7. The Bertz CT molecular complexity index is 283. The molecule has 0 aromatic heterocycles. The quantitative estimate of drug-likeness (QED) is 0.579. The Morgan fingerprint density at radius 3 is 2.47 bits per heavy atom. The average Bonchev–Trinajstić information content (AvgIpc) is 2.37. The predicted molar refractivity (Wildman–Crippen MR) is 80.7 cm³/mol. The lowest BCUT2D eigenvalue weighted by Gasteiger charge is -2.40. The molecule has 0 unspecified atom stereocenters. The van der Waals surface area contributed by atoms with Gasteiger partial charge in [0.15, 0.2) is 5.96 Å². The van der Waals surface area contributed by atoms with Crippen molar-refractivity contribution in [3.63, 3.8) is 0 Å². The van der Waals surface area contributed by atoms with Gasteiger partial charge in [-0.15, -0.1) is 0 Å². The average molecular weight is 270 g/mol. The lowest BCUT2D eigenvalue weighted by Crippen LogP contribution is -2.52. The van der Waals surface area contributed by atoms with Crippen LogP contribution in [0.3, 0.4) is 0 Å². The minimum absolute atomic E-state index is 0.0725. The van der Waals surface area contributed by atoms with Crippen LogP contribution in [-0.2, 0) is 4.74 Å². The highest BCUT2D eigenvalue weighted by Crippen LogP contribution is 2.16. The molecule has 1 heterocycles. The second-order valence-corrected chi connectivity index (χ2v) is 5.91. The molecule has 1 aliphatic rings. The smallest absolute Gasteiger partial charge is 0.191 e. The molecule has 0 saturated carbocycles. The second kappa shape index (κ2) is 7.70. The topological polar surface area (TPSA) is 48.9 Å². The zero-order valence-electron chi connectivity index (χ0n) is 13.1. The summed E-state index contributed by atoms with van der Waals surface area (Å²) >= 11 is 0. The van der Waals surface area contributed by atoms with Crippen LogP contribution in [0, 0.1) is 0 Å². The summed E-state index contributed by atoms with van der Waals surface area (Å²) in [5.74, 6) is 0.902. The Morgan fingerprint density at radius 2 is 1.95 bits per heavy atom. The predicted octanol–water partition coefficient (Wildman–Crippen LogP) is 1.06. The third kappa shape index (κ3) is 5.78. The molecule has 0 bridgehead atoms. The van der Waals surface area contributed by atoms with Gasteiger partial charge in [0, 0.05) is 31.2 Å². The highest BCUT2D eigenvalue weighted by molar-refractivity contribution is 5.80. The number of ether oxygens (including phenoxy) is 1. The zero-order valence-corrected chi connectivity index (χ0v) is 13.1. The van der Waals surface area contributed by atoms with Crippen molar-refractivity contribution in [2.45, 2.75) is 46.2 Å². The Morgan fingerprint density at radius 1 is 1.32 bits per heavy atom. The first kappa shape index (κ1) is 16.2. The molecule has 0 aromatic carbocycles. The van der Waals surface area contributed by atoms with Gasteiger partial charge in [-0.05, 0) is 34.6 Å². The lowest BCUT2D eigenvalue weighted by molar-refractivity contribution is -0.00684. The summed E-state index contributed by atoms with van der Waals surface area (Å²) in [4.78, 5) is 7.17. The highest BCUT2D eigenvalue weighted by Gasteiger charge is 2.28. The summed E-state index contributed by atoms with van der Waals surface area (Å²) in [7, 11) is 0. The molecule has 1 rings (SSSR count). The van der Waals surface area contributed by atoms with Crippen molar-refractivity contribution in [2.75, 3.05) is 39.4 Å². The van der Waals surface area contributed by atoms with Crippen molar-refractivity contribution in [3.8, 4) is 0 Å². The number of nitrogens with zero attached hydrogens (tertiary/aromatic N) is 2. The van der Waals surface area contributed by atoms with Gasteiger partial charge in [-0.1, -0.05) is 0 Å². The molecule has 0 amide bonds. The van der Waals surface area contributed by atoms with Gasteiger partial charge in [-0.3, -0.25) is 9.89 Å². The molecule has 2 N–H and O–H groups in total. The van der Waals surface area contributed by atoms with Crippen molar-refractivity contribution in [1.82, 2.24) is 15.5 Å². The molecule has 1 saturated heterocycles. The maximum Gasteiger partial charge on any atom is 0.191 e. The van der Waals surface area contributed by atoms with Gasteiger partial charge in [0.25, 0.3) is 0 Å². The summed E-state index contributed by atoms with van der Waals surface area (Å²) in [6, 6.07) is 0.393. The third-order valence-electron chi connectivity index (χ3n) is 3.26. The van der Waals surface area contributed by atoms with Crippen LogP contribution in [0.2, 0.25) is 0 Å². The molecule has 5 nitrogen and oxygen atoms in total. The van der Waals surface area contributed by atoms with Crippen molar-refractivity contribution >= 4 is 5.96 Å². The Balaban J connectivity index is 2.57. The molecule has 112 valence electrons. The Labute approximate surface area is 117 Å². The van der Waals surface area contributed by atoms with Crippen molar-refractivity contribution in [2.24, 2.45) is 4.99 Å².